The van der Waals surface area contributed by atoms with Gasteiger partial charge in [0.1, 0.15) is 5.82 Å². The van der Waals surface area contributed by atoms with Crippen molar-refractivity contribution in [2.24, 2.45) is 10.7 Å². The van der Waals surface area contributed by atoms with Crippen LogP contribution in [0.1, 0.15) is 23.9 Å². The summed E-state index contributed by atoms with van der Waals surface area (Å²) >= 11 is 1.37. The molecule has 1 aromatic heterocycles. The first-order chi connectivity index (χ1) is 11.9. The molecule has 2 aromatic rings. The van der Waals surface area contributed by atoms with Crippen LogP contribution in [0.25, 0.3) is 0 Å². The van der Waals surface area contributed by atoms with Gasteiger partial charge in [-0.1, -0.05) is 0 Å². The van der Waals surface area contributed by atoms with Crippen molar-refractivity contribution in [2.75, 3.05) is 11.9 Å². The Morgan fingerprint density at radius 3 is 3.00 bits per heavy atom. The Bertz CT molecular complexity index is 839. The first kappa shape index (κ1) is 17.2. The van der Waals surface area contributed by atoms with E-state index in [1.54, 1.807) is 12.3 Å². The van der Waals surface area contributed by atoms with Crippen LogP contribution in [-0.4, -0.2) is 23.7 Å². The number of rotatable bonds is 3. The highest BCUT2D eigenvalue weighted by atomic mass is 32.1. The summed E-state index contributed by atoms with van der Waals surface area (Å²) in [6, 6.07) is 4.25. The fourth-order valence-electron chi connectivity index (χ4n) is 2.53. The molecule has 1 amide bonds. The molecule has 0 radical (unpaired) electrons. The predicted octanol–water partition coefficient (Wildman–Crippen LogP) is 3.15. The fraction of sp³-hybridized carbons (Fsp3) is 0.312. The number of nitrogens with two attached hydrogens (primary N) is 1. The van der Waals surface area contributed by atoms with Crippen molar-refractivity contribution in [1.82, 2.24) is 4.98 Å². The third-order valence-electron chi connectivity index (χ3n) is 3.78. The summed E-state index contributed by atoms with van der Waals surface area (Å²) in [5, 5.41) is 4.98. The van der Waals surface area contributed by atoms with Gasteiger partial charge in [0.25, 0.3) is 6.02 Å². The molecule has 1 aromatic carbocycles. The number of aliphatic imine (C=N–C) groups is 1. The standard InChI is InChI=1S/C16H17FN4O3S/c1-9-19-13(8-25-9)24-15(22)20-10-3-4-12(17)11(7-10)16(2)5-6-23-14(18)21-16/h3-4,7-8H,5-6H2,1-2H3,(H2,18,21)(H,20,22)/t16-/m0/s1. The number of amides is 1. The van der Waals surface area contributed by atoms with Gasteiger partial charge in [0.05, 0.1) is 22.5 Å². The first-order valence-corrected chi connectivity index (χ1v) is 8.43. The van der Waals surface area contributed by atoms with E-state index >= 15 is 0 Å². The average molecular weight is 364 g/mol. The maximum Gasteiger partial charge on any atom is 0.418 e. The van der Waals surface area contributed by atoms with Gasteiger partial charge in [-0.3, -0.25) is 5.32 Å². The molecule has 1 aliphatic heterocycles. The molecule has 1 atom stereocenters. The van der Waals surface area contributed by atoms with Crippen LogP contribution in [-0.2, 0) is 10.3 Å². The van der Waals surface area contributed by atoms with Crippen molar-refractivity contribution in [3.05, 3.63) is 40.0 Å². The normalized spacial score (nSPS) is 19.7. The highest BCUT2D eigenvalue weighted by Crippen LogP contribution is 2.35. The Kier molecular flexibility index (Phi) is 4.58. The van der Waals surface area contributed by atoms with Crippen LogP contribution in [0.15, 0.2) is 28.6 Å². The van der Waals surface area contributed by atoms with Crippen molar-refractivity contribution < 1.29 is 18.7 Å². The molecule has 3 N–H and O–H groups in total. The van der Waals surface area contributed by atoms with E-state index in [4.69, 9.17) is 15.2 Å². The van der Waals surface area contributed by atoms with E-state index in [9.17, 15) is 9.18 Å². The highest BCUT2D eigenvalue weighted by Gasteiger charge is 2.33. The molecule has 0 spiro atoms. The highest BCUT2D eigenvalue weighted by molar-refractivity contribution is 7.09. The van der Waals surface area contributed by atoms with E-state index in [0.717, 1.165) is 5.01 Å². The van der Waals surface area contributed by atoms with Crippen molar-refractivity contribution >= 4 is 29.1 Å². The van der Waals surface area contributed by atoms with Gasteiger partial charge in [0.2, 0.25) is 5.88 Å². The summed E-state index contributed by atoms with van der Waals surface area (Å²) in [5.74, 6) is -0.217. The lowest BCUT2D eigenvalue weighted by atomic mass is 9.88. The minimum absolute atomic E-state index is 0.0184. The van der Waals surface area contributed by atoms with Crippen LogP contribution in [0.3, 0.4) is 0 Å². The molecule has 132 valence electrons. The zero-order chi connectivity index (χ0) is 18.0. The summed E-state index contributed by atoms with van der Waals surface area (Å²) in [4.78, 5) is 20.2. The number of nitrogens with one attached hydrogen (secondary N) is 1. The second kappa shape index (κ2) is 6.67. The van der Waals surface area contributed by atoms with Crippen molar-refractivity contribution in [3.8, 4) is 5.88 Å². The van der Waals surface area contributed by atoms with Gasteiger partial charge in [-0.25, -0.2) is 19.2 Å². The average Bonchev–Trinajstić information content (AvgIpc) is 2.93. The summed E-state index contributed by atoms with van der Waals surface area (Å²) in [6.07, 6.45) is -0.237. The van der Waals surface area contributed by atoms with Gasteiger partial charge in [-0.2, -0.15) is 0 Å². The molecule has 0 fully saturated rings. The molecule has 2 heterocycles. The van der Waals surface area contributed by atoms with Crippen LogP contribution < -0.4 is 15.8 Å². The lowest BCUT2D eigenvalue weighted by molar-refractivity contribution is 0.213. The molecule has 1 aliphatic rings. The van der Waals surface area contributed by atoms with Gasteiger partial charge >= 0.3 is 6.09 Å². The second-order valence-electron chi connectivity index (χ2n) is 5.74. The first-order valence-electron chi connectivity index (χ1n) is 7.55. The van der Waals surface area contributed by atoms with E-state index < -0.39 is 17.4 Å². The fourth-order valence-corrected chi connectivity index (χ4v) is 3.04. The number of amidine groups is 1. The summed E-state index contributed by atoms with van der Waals surface area (Å²) in [5.41, 5.74) is 5.46. The van der Waals surface area contributed by atoms with Gasteiger partial charge in [-0.15, -0.1) is 11.3 Å². The lowest BCUT2D eigenvalue weighted by Crippen LogP contribution is -2.34. The van der Waals surface area contributed by atoms with Gasteiger partial charge in [-0.05, 0) is 32.0 Å². The maximum atomic E-state index is 14.3. The number of carbonyl (C=O) groups is 1. The Morgan fingerprint density at radius 2 is 2.32 bits per heavy atom. The van der Waals surface area contributed by atoms with E-state index in [2.05, 4.69) is 15.3 Å². The van der Waals surface area contributed by atoms with Crippen LogP contribution in [0.4, 0.5) is 14.9 Å². The van der Waals surface area contributed by atoms with Gasteiger partial charge < -0.3 is 15.2 Å². The number of thiazole rings is 1. The molecule has 0 saturated carbocycles. The van der Waals surface area contributed by atoms with E-state index in [-0.39, 0.29) is 11.9 Å². The Hall–Kier alpha value is -2.68. The number of hydrogen-bond donors (Lipinski definition) is 2. The molecule has 9 heteroatoms. The zero-order valence-electron chi connectivity index (χ0n) is 13.7. The molecular weight excluding hydrogens is 347 g/mol. The molecule has 0 aliphatic carbocycles. The summed E-state index contributed by atoms with van der Waals surface area (Å²) in [7, 11) is 0. The number of carbonyl (C=O) groups excluding carboxylic acids is 1. The number of nitrogens with zero attached hydrogens (tertiary/aromatic N) is 2. The molecule has 0 bridgehead atoms. The van der Waals surface area contributed by atoms with Gasteiger partial charge in [0.15, 0.2) is 0 Å². The lowest BCUT2D eigenvalue weighted by Gasteiger charge is -2.30. The topological polar surface area (TPSA) is 98.8 Å². The third-order valence-corrected chi connectivity index (χ3v) is 4.54. The van der Waals surface area contributed by atoms with Crippen LogP contribution in [0, 0.1) is 12.7 Å². The molecule has 0 saturated heterocycles. The number of anilines is 1. The summed E-state index contributed by atoms with van der Waals surface area (Å²) < 4.78 is 24.5. The Balaban J connectivity index is 1.79. The Morgan fingerprint density at radius 1 is 1.52 bits per heavy atom. The Labute approximate surface area is 147 Å². The van der Waals surface area contributed by atoms with Crippen molar-refractivity contribution in [2.45, 2.75) is 25.8 Å². The summed E-state index contributed by atoms with van der Waals surface area (Å²) in [6.45, 7) is 3.91. The van der Waals surface area contributed by atoms with E-state index in [1.807, 2.05) is 6.92 Å². The van der Waals surface area contributed by atoms with Crippen LogP contribution >= 0.6 is 11.3 Å². The molecule has 3 rings (SSSR count). The van der Waals surface area contributed by atoms with Crippen LogP contribution in [0.5, 0.6) is 5.88 Å². The quantitative estimate of drug-likeness (QED) is 0.872. The smallest absolute Gasteiger partial charge is 0.418 e. The number of aromatic nitrogens is 1. The van der Waals surface area contributed by atoms with Crippen molar-refractivity contribution in [1.29, 1.82) is 0 Å². The van der Waals surface area contributed by atoms with Gasteiger partial charge in [0, 0.05) is 17.7 Å². The number of ether oxygens (including phenoxy) is 2. The monoisotopic (exact) mass is 364 g/mol. The van der Waals surface area contributed by atoms with Crippen molar-refractivity contribution in [3.63, 3.8) is 0 Å². The SMILES string of the molecule is Cc1nc(OC(=O)Nc2ccc(F)c([C@]3(C)CCOC(N)=N3)c2)cs1. The maximum absolute atomic E-state index is 14.3. The minimum atomic E-state index is -0.861. The zero-order valence-corrected chi connectivity index (χ0v) is 14.5. The minimum Gasteiger partial charge on any atom is -0.465 e. The molecule has 25 heavy (non-hydrogen) atoms. The predicted molar refractivity (Wildman–Crippen MR) is 92.4 cm³/mol. The van der Waals surface area contributed by atoms with E-state index in [1.165, 1.54) is 29.5 Å². The third kappa shape index (κ3) is 3.87. The number of halogens is 1. The number of aryl methyl sites for hydroxylation is 1. The molecular formula is C16H17FN4O3S. The largest absolute Gasteiger partial charge is 0.465 e. The van der Waals surface area contributed by atoms with Crippen LogP contribution in [0.2, 0.25) is 0 Å². The molecule has 7 nitrogen and oxygen atoms in total. The second-order valence-corrected chi connectivity index (χ2v) is 6.80. The van der Waals surface area contributed by atoms with E-state index in [0.29, 0.717) is 24.3 Å². The number of benzene rings is 1. The molecule has 0 unspecified atom stereocenters. The number of hydrogen-bond acceptors (Lipinski definition) is 7.